The van der Waals surface area contributed by atoms with E-state index in [0.29, 0.717) is 25.1 Å². The predicted octanol–water partition coefficient (Wildman–Crippen LogP) is 2.88. The molecule has 1 unspecified atom stereocenters. The molecule has 20 heavy (non-hydrogen) atoms. The van der Waals surface area contributed by atoms with E-state index in [1.54, 1.807) is 24.8 Å². The number of aliphatic carboxylic acids is 1. The lowest BCUT2D eigenvalue weighted by Crippen LogP contribution is -2.52. The van der Waals surface area contributed by atoms with Crippen LogP contribution in [0, 0.1) is 0 Å². The van der Waals surface area contributed by atoms with Crippen LogP contribution in [-0.4, -0.2) is 40.3 Å². The molecule has 2 rings (SSSR count). The second-order valence-electron chi connectivity index (χ2n) is 5.00. The molecule has 0 spiro atoms. The van der Waals surface area contributed by atoms with Crippen molar-refractivity contribution in [3.8, 4) is 0 Å². The molecule has 2 amide bonds. The van der Waals surface area contributed by atoms with Gasteiger partial charge in [0, 0.05) is 17.1 Å². The Bertz CT molecular complexity index is 535. The molecule has 1 saturated heterocycles. The van der Waals surface area contributed by atoms with Gasteiger partial charge < -0.3 is 15.3 Å². The largest absolute Gasteiger partial charge is 0.480 e. The number of hydrogen-bond acceptors (Lipinski definition) is 3. The number of rotatable bonds is 3. The standard InChI is InChI=1S/C14H18N2O3S/c1-14(12(17)18)7-4-8-16(14)13(19)15-10-5-3-6-11(9-10)20-2/h3,5-6,9H,4,7-8H2,1-2H3,(H,15,19)(H,17,18). The Hall–Kier alpha value is -1.69. The zero-order valence-corrected chi connectivity index (χ0v) is 12.4. The molecule has 1 heterocycles. The molecule has 1 aliphatic rings. The van der Waals surface area contributed by atoms with Crippen molar-refractivity contribution in [1.29, 1.82) is 0 Å². The van der Waals surface area contributed by atoms with Gasteiger partial charge in [-0.1, -0.05) is 6.07 Å². The number of carbonyl (C=O) groups excluding carboxylic acids is 1. The van der Waals surface area contributed by atoms with E-state index in [1.807, 2.05) is 24.5 Å². The molecular formula is C14H18N2O3S. The van der Waals surface area contributed by atoms with Crippen LogP contribution in [-0.2, 0) is 4.79 Å². The van der Waals surface area contributed by atoms with Gasteiger partial charge in [0.25, 0.3) is 0 Å². The number of likely N-dealkylation sites (tertiary alicyclic amines) is 1. The molecule has 0 aromatic heterocycles. The summed E-state index contributed by atoms with van der Waals surface area (Å²) >= 11 is 1.59. The molecule has 1 atom stereocenters. The second-order valence-corrected chi connectivity index (χ2v) is 5.88. The molecule has 0 saturated carbocycles. The number of thioether (sulfide) groups is 1. The summed E-state index contributed by atoms with van der Waals surface area (Å²) in [5, 5.41) is 12.1. The van der Waals surface area contributed by atoms with Crippen LogP contribution in [0.25, 0.3) is 0 Å². The lowest BCUT2D eigenvalue weighted by atomic mass is 10.00. The molecule has 1 aromatic rings. The first kappa shape index (κ1) is 14.7. The third-order valence-corrected chi connectivity index (χ3v) is 4.39. The highest BCUT2D eigenvalue weighted by atomic mass is 32.2. The normalized spacial score (nSPS) is 21.8. The van der Waals surface area contributed by atoms with Crippen LogP contribution in [0.1, 0.15) is 19.8 Å². The molecule has 0 aliphatic carbocycles. The van der Waals surface area contributed by atoms with Gasteiger partial charge in [0.2, 0.25) is 0 Å². The van der Waals surface area contributed by atoms with Crippen LogP contribution < -0.4 is 5.32 Å². The number of carboxylic acids is 1. The van der Waals surface area contributed by atoms with E-state index >= 15 is 0 Å². The van der Waals surface area contributed by atoms with Crippen LogP contribution in [0.15, 0.2) is 29.2 Å². The van der Waals surface area contributed by atoms with Crippen molar-refractivity contribution < 1.29 is 14.7 Å². The number of carbonyl (C=O) groups is 2. The van der Waals surface area contributed by atoms with Gasteiger partial charge in [-0.15, -0.1) is 11.8 Å². The number of carboxylic acid groups (broad SMARTS) is 1. The van der Waals surface area contributed by atoms with Gasteiger partial charge in [-0.25, -0.2) is 9.59 Å². The molecule has 1 aliphatic heterocycles. The van der Waals surface area contributed by atoms with Crippen LogP contribution in [0.3, 0.4) is 0 Å². The minimum atomic E-state index is -1.11. The Morgan fingerprint density at radius 1 is 1.45 bits per heavy atom. The first-order valence-corrected chi connectivity index (χ1v) is 7.66. The number of urea groups is 1. The van der Waals surface area contributed by atoms with Crippen LogP contribution >= 0.6 is 11.8 Å². The average molecular weight is 294 g/mol. The Morgan fingerprint density at radius 2 is 2.20 bits per heavy atom. The van der Waals surface area contributed by atoms with Gasteiger partial charge in [0.05, 0.1) is 0 Å². The lowest BCUT2D eigenvalue weighted by molar-refractivity contribution is -0.146. The van der Waals surface area contributed by atoms with Gasteiger partial charge >= 0.3 is 12.0 Å². The maximum Gasteiger partial charge on any atom is 0.329 e. The van der Waals surface area contributed by atoms with Crippen LogP contribution in [0.4, 0.5) is 10.5 Å². The SMILES string of the molecule is CSc1cccc(NC(=O)N2CCCC2(C)C(=O)O)c1. The smallest absolute Gasteiger partial charge is 0.329 e. The third-order valence-electron chi connectivity index (χ3n) is 3.67. The summed E-state index contributed by atoms with van der Waals surface area (Å²) in [6, 6.07) is 7.13. The first-order chi connectivity index (χ1) is 9.47. The highest BCUT2D eigenvalue weighted by Crippen LogP contribution is 2.30. The van der Waals surface area contributed by atoms with Gasteiger partial charge in [0.15, 0.2) is 0 Å². The van der Waals surface area contributed by atoms with Crippen molar-refractivity contribution in [3.63, 3.8) is 0 Å². The third kappa shape index (κ3) is 2.75. The van der Waals surface area contributed by atoms with Crippen LogP contribution in [0.5, 0.6) is 0 Å². The number of amides is 2. The minimum Gasteiger partial charge on any atom is -0.480 e. The Kier molecular flexibility index (Phi) is 4.23. The monoisotopic (exact) mass is 294 g/mol. The zero-order chi connectivity index (χ0) is 14.8. The molecule has 6 heteroatoms. The van der Waals surface area contributed by atoms with E-state index in [-0.39, 0.29) is 6.03 Å². The summed E-state index contributed by atoms with van der Waals surface area (Å²) in [5.41, 5.74) is -0.428. The zero-order valence-electron chi connectivity index (χ0n) is 11.5. The molecular weight excluding hydrogens is 276 g/mol. The van der Waals surface area contributed by atoms with Gasteiger partial charge in [0.1, 0.15) is 5.54 Å². The van der Waals surface area contributed by atoms with E-state index in [0.717, 1.165) is 4.90 Å². The van der Waals surface area contributed by atoms with Crippen LogP contribution in [0.2, 0.25) is 0 Å². The summed E-state index contributed by atoms with van der Waals surface area (Å²) in [5.74, 6) is -0.956. The number of benzene rings is 1. The van der Waals surface area contributed by atoms with Crippen molar-refractivity contribution >= 4 is 29.4 Å². The highest BCUT2D eigenvalue weighted by Gasteiger charge is 2.45. The predicted molar refractivity (Wildman–Crippen MR) is 79.2 cm³/mol. The topological polar surface area (TPSA) is 69.6 Å². The summed E-state index contributed by atoms with van der Waals surface area (Å²) in [6.45, 7) is 2.07. The number of nitrogens with one attached hydrogen (secondary N) is 1. The molecule has 2 N–H and O–H groups in total. The van der Waals surface area contributed by atoms with E-state index in [1.165, 1.54) is 4.90 Å². The Labute approximate surface area is 122 Å². The maximum atomic E-state index is 12.3. The van der Waals surface area contributed by atoms with Gasteiger partial charge in [-0.3, -0.25) is 0 Å². The fourth-order valence-corrected chi connectivity index (χ4v) is 2.86. The highest BCUT2D eigenvalue weighted by molar-refractivity contribution is 7.98. The molecule has 5 nitrogen and oxygen atoms in total. The Balaban J connectivity index is 2.13. The van der Waals surface area contributed by atoms with Crippen molar-refractivity contribution in [2.24, 2.45) is 0 Å². The van der Waals surface area contributed by atoms with Crippen molar-refractivity contribution in [3.05, 3.63) is 24.3 Å². The molecule has 1 aromatic carbocycles. The Morgan fingerprint density at radius 3 is 2.85 bits per heavy atom. The summed E-state index contributed by atoms with van der Waals surface area (Å²) in [7, 11) is 0. The van der Waals surface area contributed by atoms with E-state index in [4.69, 9.17) is 0 Å². The molecule has 108 valence electrons. The van der Waals surface area contributed by atoms with E-state index < -0.39 is 11.5 Å². The minimum absolute atomic E-state index is 0.356. The maximum absolute atomic E-state index is 12.3. The van der Waals surface area contributed by atoms with Gasteiger partial charge in [-0.05, 0) is 44.2 Å². The first-order valence-electron chi connectivity index (χ1n) is 6.43. The second kappa shape index (κ2) is 5.75. The summed E-state index contributed by atoms with van der Waals surface area (Å²) in [4.78, 5) is 26.1. The lowest BCUT2D eigenvalue weighted by Gasteiger charge is -2.31. The quantitative estimate of drug-likeness (QED) is 0.841. The average Bonchev–Trinajstić information content (AvgIpc) is 2.82. The fraction of sp³-hybridized carbons (Fsp3) is 0.429. The van der Waals surface area contributed by atoms with Crippen molar-refractivity contribution in [1.82, 2.24) is 4.90 Å². The number of nitrogens with zero attached hydrogens (tertiary/aromatic N) is 1. The molecule has 1 fully saturated rings. The van der Waals surface area contributed by atoms with Crippen molar-refractivity contribution in [2.75, 3.05) is 18.1 Å². The fourth-order valence-electron chi connectivity index (χ4n) is 2.40. The number of hydrogen-bond donors (Lipinski definition) is 2. The summed E-state index contributed by atoms with van der Waals surface area (Å²) in [6.07, 6.45) is 3.16. The van der Waals surface area contributed by atoms with Gasteiger partial charge in [-0.2, -0.15) is 0 Å². The summed E-state index contributed by atoms with van der Waals surface area (Å²) < 4.78 is 0. The van der Waals surface area contributed by atoms with Crippen molar-refractivity contribution in [2.45, 2.75) is 30.2 Å². The molecule has 0 radical (unpaired) electrons. The van der Waals surface area contributed by atoms with E-state index in [2.05, 4.69) is 5.32 Å². The molecule has 0 bridgehead atoms. The van der Waals surface area contributed by atoms with E-state index in [9.17, 15) is 14.7 Å². The number of anilines is 1.